The molecule has 2 aromatic heterocycles. The number of thiazole rings is 1. The lowest BCUT2D eigenvalue weighted by molar-refractivity contribution is 0.102. The Morgan fingerprint density at radius 1 is 1.26 bits per heavy atom. The van der Waals surface area contributed by atoms with Gasteiger partial charge in [-0.1, -0.05) is 11.6 Å². The van der Waals surface area contributed by atoms with E-state index in [0.717, 1.165) is 16.1 Å². The number of aromatic nitrogens is 2. The van der Waals surface area contributed by atoms with Gasteiger partial charge in [-0.3, -0.25) is 10.1 Å². The molecule has 1 amide bonds. The van der Waals surface area contributed by atoms with Gasteiger partial charge in [-0.25, -0.2) is 14.4 Å². The van der Waals surface area contributed by atoms with Crippen LogP contribution in [0.4, 0.5) is 9.52 Å². The van der Waals surface area contributed by atoms with Gasteiger partial charge in [0.1, 0.15) is 11.0 Å². The fourth-order valence-corrected chi connectivity index (χ4v) is 3.04. The second-order valence-corrected chi connectivity index (χ2v) is 6.34. The van der Waals surface area contributed by atoms with Crippen LogP contribution in [0.25, 0.3) is 11.3 Å². The predicted octanol–water partition coefficient (Wildman–Crippen LogP) is 4.56. The lowest BCUT2D eigenvalue weighted by Crippen LogP contribution is -2.11. The molecule has 7 heteroatoms. The molecule has 3 rings (SSSR count). The molecule has 1 aromatic carbocycles. The highest BCUT2D eigenvalue weighted by Crippen LogP contribution is 2.30. The van der Waals surface area contributed by atoms with Crippen LogP contribution in [0, 0.1) is 12.7 Å². The van der Waals surface area contributed by atoms with Crippen LogP contribution >= 0.6 is 22.9 Å². The molecule has 0 unspecified atom stereocenters. The highest BCUT2D eigenvalue weighted by atomic mass is 35.5. The van der Waals surface area contributed by atoms with Crippen molar-refractivity contribution in [1.82, 2.24) is 9.97 Å². The minimum absolute atomic E-state index is 0.250. The van der Waals surface area contributed by atoms with Gasteiger partial charge in [0.05, 0.1) is 5.69 Å². The Morgan fingerprint density at radius 3 is 2.70 bits per heavy atom. The van der Waals surface area contributed by atoms with Crippen molar-refractivity contribution in [3.63, 3.8) is 0 Å². The van der Waals surface area contributed by atoms with E-state index in [4.69, 9.17) is 11.6 Å². The molecule has 1 N–H and O–H groups in total. The minimum atomic E-state index is -0.311. The van der Waals surface area contributed by atoms with E-state index in [0.29, 0.717) is 10.7 Å². The van der Waals surface area contributed by atoms with Crippen molar-refractivity contribution in [3.8, 4) is 11.3 Å². The summed E-state index contributed by atoms with van der Waals surface area (Å²) < 4.78 is 13.0. The van der Waals surface area contributed by atoms with Crippen LogP contribution in [0.2, 0.25) is 5.15 Å². The molecule has 0 radical (unpaired) electrons. The lowest BCUT2D eigenvalue weighted by Gasteiger charge is -2.01. The normalized spacial score (nSPS) is 10.6. The van der Waals surface area contributed by atoms with Crippen LogP contribution in [0.3, 0.4) is 0 Å². The second kappa shape index (κ2) is 6.44. The molecule has 23 heavy (non-hydrogen) atoms. The Balaban J connectivity index is 1.83. The van der Waals surface area contributed by atoms with Gasteiger partial charge in [0.2, 0.25) is 0 Å². The molecule has 0 fully saturated rings. The molecule has 0 aliphatic heterocycles. The maximum atomic E-state index is 13.0. The zero-order chi connectivity index (χ0) is 16.4. The summed E-state index contributed by atoms with van der Waals surface area (Å²) in [4.78, 5) is 21.4. The van der Waals surface area contributed by atoms with Crippen LogP contribution in [0.1, 0.15) is 15.2 Å². The number of carbonyl (C=O) groups excluding carboxylic acids is 1. The van der Waals surface area contributed by atoms with Crippen LogP contribution in [0.5, 0.6) is 0 Å². The smallest absolute Gasteiger partial charge is 0.257 e. The number of aryl methyl sites for hydroxylation is 1. The molecule has 0 aliphatic rings. The van der Waals surface area contributed by atoms with Gasteiger partial charge in [0, 0.05) is 22.2 Å². The number of pyridine rings is 1. The number of amides is 1. The van der Waals surface area contributed by atoms with Crippen molar-refractivity contribution in [2.24, 2.45) is 0 Å². The van der Waals surface area contributed by atoms with Crippen molar-refractivity contribution in [2.75, 3.05) is 5.32 Å². The van der Waals surface area contributed by atoms with E-state index in [9.17, 15) is 9.18 Å². The first-order valence-corrected chi connectivity index (χ1v) is 7.88. The number of nitrogens with one attached hydrogen (secondary N) is 1. The summed E-state index contributed by atoms with van der Waals surface area (Å²) in [5.74, 6) is -0.613. The molecular weight excluding hydrogens is 337 g/mol. The minimum Gasteiger partial charge on any atom is -0.298 e. The Kier molecular flexibility index (Phi) is 4.36. The first kappa shape index (κ1) is 15.6. The highest BCUT2D eigenvalue weighted by molar-refractivity contribution is 7.16. The summed E-state index contributed by atoms with van der Waals surface area (Å²) in [6, 6.07) is 9.13. The number of benzene rings is 1. The van der Waals surface area contributed by atoms with Gasteiger partial charge in [0.15, 0.2) is 5.13 Å². The number of carbonyl (C=O) groups is 1. The fraction of sp³-hybridized carbons (Fsp3) is 0.0625. The van der Waals surface area contributed by atoms with Crippen molar-refractivity contribution in [1.29, 1.82) is 0 Å². The summed E-state index contributed by atoms with van der Waals surface area (Å²) in [6.07, 6.45) is 1.47. The number of hydrogen-bond donors (Lipinski definition) is 1. The molecular formula is C16H11ClFN3OS. The monoisotopic (exact) mass is 347 g/mol. The van der Waals surface area contributed by atoms with E-state index in [2.05, 4.69) is 15.3 Å². The summed E-state index contributed by atoms with van der Waals surface area (Å²) in [6.45, 7) is 1.90. The SMILES string of the molecule is Cc1sc(NC(=O)c2ccnc(Cl)c2)nc1-c1ccc(F)cc1. The maximum Gasteiger partial charge on any atom is 0.257 e. The topological polar surface area (TPSA) is 54.9 Å². The van der Waals surface area contributed by atoms with Gasteiger partial charge in [-0.2, -0.15) is 0 Å². The molecule has 2 heterocycles. The molecule has 0 atom stereocenters. The average Bonchev–Trinajstić information content (AvgIpc) is 2.88. The van der Waals surface area contributed by atoms with Crippen LogP contribution in [0.15, 0.2) is 42.6 Å². The van der Waals surface area contributed by atoms with Crippen LogP contribution in [-0.4, -0.2) is 15.9 Å². The Morgan fingerprint density at radius 2 is 2.00 bits per heavy atom. The first-order valence-electron chi connectivity index (χ1n) is 6.69. The summed E-state index contributed by atoms with van der Waals surface area (Å²) in [5, 5.41) is 3.46. The Hall–Kier alpha value is -2.31. The third-order valence-electron chi connectivity index (χ3n) is 3.12. The molecule has 0 spiro atoms. The largest absolute Gasteiger partial charge is 0.298 e. The van der Waals surface area contributed by atoms with E-state index in [1.165, 1.54) is 35.7 Å². The quantitative estimate of drug-likeness (QED) is 0.707. The lowest BCUT2D eigenvalue weighted by atomic mass is 10.1. The number of nitrogens with zero attached hydrogens (tertiary/aromatic N) is 2. The molecule has 0 saturated carbocycles. The number of halogens is 2. The summed E-state index contributed by atoms with van der Waals surface area (Å²) in [5.41, 5.74) is 1.92. The van der Waals surface area contributed by atoms with Gasteiger partial charge < -0.3 is 0 Å². The summed E-state index contributed by atoms with van der Waals surface area (Å²) in [7, 11) is 0. The standard InChI is InChI=1S/C16H11ClFN3OS/c1-9-14(10-2-4-12(18)5-3-10)20-16(23-9)21-15(22)11-6-7-19-13(17)8-11/h2-8H,1H3,(H,20,21,22). The van der Waals surface area contributed by atoms with Gasteiger partial charge in [-0.05, 0) is 43.3 Å². The molecule has 0 bridgehead atoms. The second-order valence-electron chi connectivity index (χ2n) is 4.75. The van der Waals surface area contributed by atoms with E-state index < -0.39 is 0 Å². The highest BCUT2D eigenvalue weighted by Gasteiger charge is 2.13. The van der Waals surface area contributed by atoms with Gasteiger partial charge in [-0.15, -0.1) is 11.3 Å². The molecule has 4 nitrogen and oxygen atoms in total. The Bertz CT molecular complexity index is 864. The zero-order valence-corrected chi connectivity index (χ0v) is 13.6. The van der Waals surface area contributed by atoms with Crippen molar-refractivity contribution < 1.29 is 9.18 Å². The van der Waals surface area contributed by atoms with Gasteiger partial charge >= 0.3 is 0 Å². The van der Waals surface area contributed by atoms with E-state index >= 15 is 0 Å². The van der Waals surface area contributed by atoms with E-state index in [1.54, 1.807) is 18.2 Å². The molecule has 0 aliphatic carbocycles. The van der Waals surface area contributed by atoms with E-state index in [1.807, 2.05) is 6.92 Å². The average molecular weight is 348 g/mol. The predicted molar refractivity (Wildman–Crippen MR) is 89.4 cm³/mol. The third-order valence-corrected chi connectivity index (χ3v) is 4.22. The molecule has 116 valence electrons. The van der Waals surface area contributed by atoms with E-state index in [-0.39, 0.29) is 16.9 Å². The van der Waals surface area contributed by atoms with Crippen LogP contribution < -0.4 is 5.32 Å². The summed E-state index contributed by atoms with van der Waals surface area (Å²) >= 11 is 7.13. The van der Waals surface area contributed by atoms with Crippen molar-refractivity contribution in [3.05, 3.63) is 64.0 Å². The van der Waals surface area contributed by atoms with Gasteiger partial charge in [0.25, 0.3) is 5.91 Å². The van der Waals surface area contributed by atoms with Crippen molar-refractivity contribution in [2.45, 2.75) is 6.92 Å². The maximum absolute atomic E-state index is 13.0. The van der Waals surface area contributed by atoms with Crippen molar-refractivity contribution >= 4 is 34.0 Å². The molecule has 0 saturated heterocycles. The Labute approximate surface area is 141 Å². The first-order chi connectivity index (χ1) is 11.0. The van der Waals surface area contributed by atoms with Crippen LogP contribution in [-0.2, 0) is 0 Å². The fourth-order valence-electron chi connectivity index (χ4n) is 2.04. The zero-order valence-electron chi connectivity index (χ0n) is 12.0. The third kappa shape index (κ3) is 3.55. The number of hydrogen-bond acceptors (Lipinski definition) is 4. The molecule has 3 aromatic rings. The number of anilines is 1. The number of rotatable bonds is 3.